The number of rotatable bonds is 3. The van der Waals surface area contributed by atoms with Crippen LogP contribution < -0.4 is 5.32 Å². The van der Waals surface area contributed by atoms with Crippen LogP contribution in [0.4, 0.5) is 4.39 Å². The molecule has 78 valence electrons. The standard InChI is InChI=1S/C12H12FNS/c1-3-10(14-2)12-6-8-4-5-9(13)7-11(8)15-12/h3-7,10,14H,1H2,2H3. The molecule has 3 heteroatoms. The summed E-state index contributed by atoms with van der Waals surface area (Å²) in [7, 11) is 1.89. The SMILES string of the molecule is C=CC(NC)c1cc2ccc(F)cc2s1. The third kappa shape index (κ3) is 1.94. The van der Waals surface area contributed by atoms with Crippen LogP contribution in [0.25, 0.3) is 10.1 Å². The summed E-state index contributed by atoms with van der Waals surface area (Å²) < 4.78 is 14.0. The van der Waals surface area contributed by atoms with Gasteiger partial charge in [0.15, 0.2) is 0 Å². The van der Waals surface area contributed by atoms with Crippen molar-refractivity contribution in [2.24, 2.45) is 0 Å². The van der Waals surface area contributed by atoms with E-state index in [1.807, 2.05) is 13.1 Å². The molecule has 0 bridgehead atoms. The van der Waals surface area contributed by atoms with Crippen molar-refractivity contribution in [3.63, 3.8) is 0 Å². The first-order valence-corrected chi connectivity index (χ1v) is 5.55. The van der Waals surface area contributed by atoms with E-state index in [1.165, 1.54) is 6.07 Å². The molecule has 2 rings (SSSR count). The van der Waals surface area contributed by atoms with E-state index >= 15 is 0 Å². The Bertz CT molecular complexity index is 489. The van der Waals surface area contributed by atoms with Gasteiger partial charge in [0.25, 0.3) is 0 Å². The molecule has 0 aliphatic carbocycles. The van der Waals surface area contributed by atoms with Crippen LogP contribution in [0.15, 0.2) is 36.9 Å². The maximum Gasteiger partial charge on any atom is 0.124 e. The zero-order chi connectivity index (χ0) is 10.8. The largest absolute Gasteiger partial charge is 0.309 e. The zero-order valence-electron chi connectivity index (χ0n) is 8.46. The molecule has 0 saturated carbocycles. The summed E-state index contributed by atoms with van der Waals surface area (Å²) in [5.41, 5.74) is 0. The Hall–Kier alpha value is -1.19. The normalized spacial score (nSPS) is 12.9. The van der Waals surface area contributed by atoms with E-state index in [9.17, 15) is 4.39 Å². The fourth-order valence-corrected chi connectivity index (χ4v) is 2.75. The van der Waals surface area contributed by atoms with E-state index in [4.69, 9.17) is 0 Å². The van der Waals surface area contributed by atoms with Gasteiger partial charge in [0.05, 0.1) is 6.04 Å². The summed E-state index contributed by atoms with van der Waals surface area (Å²) >= 11 is 1.59. The Labute approximate surface area is 92.2 Å². The Morgan fingerprint density at radius 1 is 1.47 bits per heavy atom. The maximum absolute atomic E-state index is 13.0. The van der Waals surface area contributed by atoms with E-state index in [1.54, 1.807) is 23.5 Å². The van der Waals surface area contributed by atoms with Gasteiger partial charge in [0.1, 0.15) is 5.82 Å². The molecule has 0 spiro atoms. The molecule has 0 fully saturated rings. The van der Waals surface area contributed by atoms with Gasteiger partial charge in [-0.1, -0.05) is 12.1 Å². The lowest BCUT2D eigenvalue weighted by Gasteiger charge is -2.06. The van der Waals surface area contributed by atoms with Crippen molar-refractivity contribution in [3.05, 3.63) is 47.6 Å². The second-order valence-corrected chi connectivity index (χ2v) is 4.45. The van der Waals surface area contributed by atoms with Gasteiger partial charge in [0, 0.05) is 9.58 Å². The van der Waals surface area contributed by atoms with Crippen molar-refractivity contribution in [2.45, 2.75) is 6.04 Å². The topological polar surface area (TPSA) is 12.0 Å². The minimum Gasteiger partial charge on any atom is -0.309 e. The van der Waals surface area contributed by atoms with Crippen molar-refractivity contribution >= 4 is 21.4 Å². The van der Waals surface area contributed by atoms with Crippen molar-refractivity contribution < 1.29 is 4.39 Å². The molecular weight excluding hydrogens is 209 g/mol. The highest BCUT2D eigenvalue weighted by Crippen LogP contribution is 2.30. The van der Waals surface area contributed by atoms with E-state index in [2.05, 4.69) is 18.0 Å². The van der Waals surface area contributed by atoms with Crippen molar-refractivity contribution in [1.82, 2.24) is 5.32 Å². The first kappa shape index (κ1) is 10.3. The van der Waals surface area contributed by atoms with Gasteiger partial charge in [-0.2, -0.15) is 0 Å². The summed E-state index contributed by atoms with van der Waals surface area (Å²) in [5.74, 6) is -0.185. The van der Waals surface area contributed by atoms with Crippen molar-refractivity contribution in [1.29, 1.82) is 0 Å². The highest BCUT2D eigenvalue weighted by Gasteiger charge is 2.09. The van der Waals surface area contributed by atoms with Gasteiger partial charge < -0.3 is 5.32 Å². The second kappa shape index (κ2) is 4.13. The highest BCUT2D eigenvalue weighted by molar-refractivity contribution is 7.19. The van der Waals surface area contributed by atoms with E-state index < -0.39 is 0 Å². The number of thiophene rings is 1. The first-order chi connectivity index (χ1) is 7.24. The van der Waals surface area contributed by atoms with Crippen LogP contribution in [-0.2, 0) is 0 Å². The molecule has 1 unspecified atom stereocenters. The van der Waals surface area contributed by atoms with Gasteiger partial charge in [-0.15, -0.1) is 17.9 Å². The van der Waals surface area contributed by atoms with Gasteiger partial charge in [-0.3, -0.25) is 0 Å². The van der Waals surface area contributed by atoms with E-state index in [-0.39, 0.29) is 11.9 Å². The first-order valence-electron chi connectivity index (χ1n) is 4.73. The third-order valence-corrected chi connectivity index (χ3v) is 3.54. The summed E-state index contributed by atoms with van der Waals surface area (Å²) in [6.07, 6.45) is 1.85. The summed E-state index contributed by atoms with van der Waals surface area (Å²) in [6.45, 7) is 3.77. The maximum atomic E-state index is 13.0. The smallest absolute Gasteiger partial charge is 0.124 e. The van der Waals surface area contributed by atoms with E-state index in [0.29, 0.717) is 0 Å². The lowest BCUT2D eigenvalue weighted by atomic mass is 10.2. The second-order valence-electron chi connectivity index (χ2n) is 3.33. The number of hydrogen-bond donors (Lipinski definition) is 1. The Balaban J connectivity index is 2.50. The summed E-state index contributed by atoms with van der Waals surface area (Å²) in [6, 6.07) is 7.08. The molecule has 1 heterocycles. The molecule has 1 N–H and O–H groups in total. The van der Waals surface area contributed by atoms with Crippen molar-refractivity contribution in [2.75, 3.05) is 7.05 Å². The van der Waals surface area contributed by atoms with Crippen LogP contribution >= 0.6 is 11.3 Å². The quantitative estimate of drug-likeness (QED) is 0.782. The minimum atomic E-state index is -0.185. The van der Waals surface area contributed by atoms with Crippen LogP contribution in [-0.4, -0.2) is 7.05 Å². The molecule has 0 aliphatic rings. The molecule has 0 saturated heterocycles. The number of hydrogen-bond acceptors (Lipinski definition) is 2. The number of halogens is 1. The average Bonchev–Trinajstić information content (AvgIpc) is 2.62. The van der Waals surface area contributed by atoms with Crippen LogP contribution in [0.2, 0.25) is 0 Å². The molecule has 2 aromatic rings. The number of likely N-dealkylation sites (N-methyl/N-ethyl adjacent to an activating group) is 1. The van der Waals surface area contributed by atoms with Crippen molar-refractivity contribution in [3.8, 4) is 0 Å². The predicted octanol–water partition coefficient (Wildman–Crippen LogP) is 3.49. The van der Waals surface area contributed by atoms with Gasteiger partial charge in [-0.25, -0.2) is 4.39 Å². The Kier molecular flexibility index (Phi) is 2.84. The predicted molar refractivity (Wildman–Crippen MR) is 63.8 cm³/mol. The molecular formula is C12H12FNS. The average molecular weight is 221 g/mol. The highest BCUT2D eigenvalue weighted by atomic mass is 32.1. The zero-order valence-corrected chi connectivity index (χ0v) is 9.27. The van der Waals surface area contributed by atoms with Gasteiger partial charge >= 0.3 is 0 Å². The fourth-order valence-electron chi connectivity index (χ4n) is 1.56. The van der Waals surface area contributed by atoms with Gasteiger partial charge in [0.2, 0.25) is 0 Å². The Morgan fingerprint density at radius 2 is 2.27 bits per heavy atom. The molecule has 0 radical (unpaired) electrons. The summed E-state index contributed by atoms with van der Waals surface area (Å²) in [5, 5.41) is 4.22. The molecule has 15 heavy (non-hydrogen) atoms. The molecule has 1 aromatic carbocycles. The fraction of sp³-hybridized carbons (Fsp3) is 0.167. The molecule has 0 amide bonds. The molecule has 1 aromatic heterocycles. The van der Waals surface area contributed by atoms with Gasteiger partial charge in [-0.05, 0) is 30.6 Å². The van der Waals surface area contributed by atoms with Crippen LogP contribution in [0.1, 0.15) is 10.9 Å². The third-order valence-electron chi connectivity index (χ3n) is 2.35. The lowest BCUT2D eigenvalue weighted by molar-refractivity contribution is 0.630. The monoisotopic (exact) mass is 221 g/mol. The van der Waals surface area contributed by atoms with Crippen LogP contribution in [0.3, 0.4) is 0 Å². The van der Waals surface area contributed by atoms with Crippen LogP contribution in [0, 0.1) is 5.82 Å². The lowest BCUT2D eigenvalue weighted by Crippen LogP contribution is -2.11. The molecule has 0 aliphatic heterocycles. The van der Waals surface area contributed by atoms with Crippen LogP contribution in [0.5, 0.6) is 0 Å². The summed E-state index contributed by atoms with van der Waals surface area (Å²) in [4.78, 5) is 1.16. The molecule has 1 nitrogen and oxygen atoms in total. The minimum absolute atomic E-state index is 0.144. The van der Waals surface area contributed by atoms with E-state index in [0.717, 1.165) is 15.0 Å². The number of benzene rings is 1. The molecule has 1 atom stereocenters. The number of nitrogens with one attached hydrogen (secondary N) is 1. The Morgan fingerprint density at radius 3 is 2.93 bits per heavy atom. The number of fused-ring (bicyclic) bond motifs is 1.